The fourth-order valence-corrected chi connectivity index (χ4v) is 2.59. The second-order valence-electron chi connectivity index (χ2n) is 4.24. The second kappa shape index (κ2) is 5.71. The quantitative estimate of drug-likeness (QED) is 0.759. The van der Waals surface area contributed by atoms with Crippen molar-refractivity contribution in [1.82, 2.24) is 9.97 Å². The van der Waals surface area contributed by atoms with E-state index in [-0.39, 0.29) is 0 Å². The molecule has 5 heteroatoms. The van der Waals surface area contributed by atoms with Crippen LogP contribution in [0.2, 0.25) is 0 Å². The van der Waals surface area contributed by atoms with Crippen LogP contribution in [-0.2, 0) is 0 Å². The van der Waals surface area contributed by atoms with E-state index in [4.69, 9.17) is 0 Å². The molecule has 2 N–H and O–H groups in total. The fraction of sp³-hybridized carbons (Fsp3) is 0.0667. The van der Waals surface area contributed by atoms with Crippen molar-refractivity contribution in [2.45, 2.75) is 0 Å². The monoisotopic (exact) mass is 282 g/mol. The lowest BCUT2D eigenvalue weighted by Crippen LogP contribution is -1.92. The van der Waals surface area contributed by atoms with Crippen LogP contribution in [0.25, 0.3) is 11.3 Å². The molecule has 0 saturated heterocycles. The highest BCUT2D eigenvalue weighted by Gasteiger charge is 2.05. The summed E-state index contributed by atoms with van der Waals surface area (Å²) in [6.07, 6.45) is 3.58. The summed E-state index contributed by atoms with van der Waals surface area (Å²) in [5.74, 6) is 0. The Kier molecular flexibility index (Phi) is 3.60. The number of hydrogen-bond donors (Lipinski definition) is 2. The van der Waals surface area contributed by atoms with E-state index in [1.165, 1.54) is 0 Å². The molecule has 0 atom stereocenters. The lowest BCUT2D eigenvalue weighted by Gasteiger charge is -2.05. The first-order valence-corrected chi connectivity index (χ1v) is 7.14. The van der Waals surface area contributed by atoms with Gasteiger partial charge in [-0.2, -0.15) is 0 Å². The predicted molar refractivity (Wildman–Crippen MR) is 84.6 cm³/mol. The molecule has 0 spiro atoms. The summed E-state index contributed by atoms with van der Waals surface area (Å²) < 4.78 is 0. The fourth-order valence-electron chi connectivity index (χ4n) is 1.85. The van der Waals surface area contributed by atoms with E-state index in [2.05, 4.69) is 20.6 Å². The molecule has 0 saturated carbocycles. The maximum Gasteiger partial charge on any atom is 0.187 e. The summed E-state index contributed by atoms with van der Waals surface area (Å²) in [6.45, 7) is 0. The molecule has 2 heterocycles. The smallest absolute Gasteiger partial charge is 0.187 e. The van der Waals surface area contributed by atoms with Gasteiger partial charge in [0.15, 0.2) is 5.13 Å². The molecule has 3 rings (SSSR count). The van der Waals surface area contributed by atoms with E-state index in [0.717, 1.165) is 27.8 Å². The first-order valence-electron chi connectivity index (χ1n) is 6.26. The summed E-state index contributed by atoms with van der Waals surface area (Å²) in [4.78, 5) is 8.69. The molecule has 1 aromatic carbocycles. The maximum atomic E-state index is 4.58. The number of hydrogen-bond acceptors (Lipinski definition) is 5. The van der Waals surface area contributed by atoms with Crippen molar-refractivity contribution in [3.05, 3.63) is 54.2 Å². The average molecular weight is 282 g/mol. The minimum absolute atomic E-state index is 0.872. The minimum atomic E-state index is 0.872. The Morgan fingerprint density at radius 1 is 1.10 bits per heavy atom. The summed E-state index contributed by atoms with van der Waals surface area (Å²) in [7, 11) is 1.91. The van der Waals surface area contributed by atoms with E-state index in [9.17, 15) is 0 Å². The van der Waals surface area contributed by atoms with Gasteiger partial charge in [0, 0.05) is 41.8 Å². The molecule has 20 heavy (non-hydrogen) atoms. The SMILES string of the molecule is CNc1cccc(Nc2nc(-c3cccnc3)cs2)c1. The highest BCUT2D eigenvalue weighted by molar-refractivity contribution is 7.14. The third kappa shape index (κ3) is 2.78. The number of pyridine rings is 1. The first kappa shape index (κ1) is 12.6. The van der Waals surface area contributed by atoms with E-state index in [1.54, 1.807) is 17.5 Å². The van der Waals surface area contributed by atoms with E-state index in [0.29, 0.717) is 0 Å². The van der Waals surface area contributed by atoms with Gasteiger partial charge in [0.05, 0.1) is 5.69 Å². The Hall–Kier alpha value is -2.40. The van der Waals surface area contributed by atoms with Crippen molar-refractivity contribution >= 4 is 27.8 Å². The van der Waals surface area contributed by atoms with Gasteiger partial charge in [-0.05, 0) is 30.3 Å². The maximum absolute atomic E-state index is 4.58. The largest absolute Gasteiger partial charge is 0.388 e. The van der Waals surface area contributed by atoms with Crippen molar-refractivity contribution < 1.29 is 0 Å². The summed E-state index contributed by atoms with van der Waals surface area (Å²) in [5, 5.41) is 9.34. The zero-order valence-electron chi connectivity index (χ0n) is 11.0. The van der Waals surface area contributed by atoms with Crippen molar-refractivity contribution in [3.63, 3.8) is 0 Å². The average Bonchev–Trinajstić information content (AvgIpc) is 2.97. The molecule has 0 radical (unpaired) electrons. The second-order valence-corrected chi connectivity index (χ2v) is 5.09. The van der Waals surface area contributed by atoms with Crippen molar-refractivity contribution in [1.29, 1.82) is 0 Å². The lowest BCUT2D eigenvalue weighted by atomic mass is 10.2. The molecule has 0 aliphatic rings. The van der Waals surface area contributed by atoms with Crippen LogP contribution in [-0.4, -0.2) is 17.0 Å². The lowest BCUT2D eigenvalue weighted by molar-refractivity contribution is 1.30. The van der Waals surface area contributed by atoms with Crippen LogP contribution in [0.3, 0.4) is 0 Å². The Morgan fingerprint density at radius 2 is 2.00 bits per heavy atom. The molecule has 0 aliphatic carbocycles. The first-order chi connectivity index (χ1) is 9.85. The Morgan fingerprint density at radius 3 is 2.80 bits per heavy atom. The third-order valence-electron chi connectivity index (χ3n) is 2.86. The normalized spacial score (nSPS) is 10.2. The number of thiazole rings is 1. The van der Waals surface area contributed by atoms with Gasteiger partial charge in [0.1, 0.15) is 0 Å². The van der Waals surface area contributed by atoms with Crippen LogP contribution in [0.15, 0.2) is 54.2 Å². The highest BCUT2D eigenvalue weighted by Crippen LogP contribution is 2.27. The number of aromatic nitrogens is 2. The molecule has 0 aliphatic heterocycles. The molecular weight excluding hydrogens is 268 g/mol. The molecule has 3 aromatic rings. The van der Waals surface area contributed by atoms with Gasteiger partial charge < -0.3 is 10.6 Å². The Balaban J connectivity index is 1.80. The van der Waals surface area contributed by atoms with E-state index in [1.807, 2.05) is 55.0 Å². The summed E-state index contributed by atoms with van der Waals surface area (Å²) in [6, 6.07) is 12.0. The molecule has 100 valence electrons. The molecular formula is C15H14N4S. The molecule has 4 nitrogen and oxygen atoms in total. The van der Waals surface area contributed by atoms with Gasteiger partial charge in [-0.25, -0.2) is 4.98 Å². The van der Waals surface area contributed by atoms with E-state index < -0.39 is 0 Å². The van der Waals surface area contributed by atoms with Gasteiger partial charge in [0.25, 0.3) is 0 Å². The molecule has 0 unspecified atom stereocenters. The van der Waals surface area contributed by atoms with Crippen molar-refractivity contribution in [2.24, 2.45) is 0 Å². The molecule has 0 fully saturated rings. The molecule has 0 bridgehead atoms. The van der Waals surface area contributed by atoms with Crippen molar-refractivity contribution in [2.75, 3.05) is 17.7 Å². The van der Waals surface area contributed by atoms with E-state index >= 15 is 0 Å². The zero-order chi connectivity index (χ0) is 13.8. The standard InChI is InChI=1S/C15H14N4S/c1-16-12-5-2-6-13(8-12)18-15-19-14(10-20-15)11-4-3-7-17-9-11/h2-10,16H,1H3,(H,18,19). The van der Waals surface area contributed by atoms with Crippen LogP contribution < -0.4 is 10.6 Å². The van der Waals surface area contributed by atoms with Gasteiger partial charge >= 0.3 is 0 Å². The van der Waals surface area contributed by atoms with Crippen LogP contribution in [0.4, 0.5) is 16.5 Å². The molecule has 2 aromatic heterocycles. The van der Waals surface area contributed by atoms with Crippen LogP contribution in [0.1, 0.15) is 0 Å². The van der Waals surface area contributed by atoms with Gasteiger partial charge in [0.2, 0.25) is 0 Å². The third-order valence-corrected chi connectivity index (χ3v) is 3.62. The number of benzene rings is 1. The van der Waals surface area contributed by atoms with Crippen LogP contribution >= 0.6 is 11.3 Å². The van der Waals surface area contributed by atoms with Gasteiger partial charge in [-0.3, -0.25) is 4.98 Å². The number of nitrogens with zero attached hydrogens (tertiary/aromatic N) is 2. The van der Waals surface area contributed by atoms with Crippen LogP contribution in [0, 0.1) is 0 Å². The topological polar surface area (TPSA) is 49.8 Å². The number of rotatable bonds is 4. The number of nitrogens with one attached hydrogen (secondary N) is 2. The van der Waals surface area contributed by atoms with Crippen LogP contribution in [0.5, 0.6) is 0 Å². The number of anilines is 3. The summed E-state index contributed by atoms with van der Waals surface area (Å²) >= 11 is 1.58. The predicted octanol–water partition coefficient (Wildman–Crippen LogP) is 3.99. The van der Waals surface area contributed by atoms with Gasteiger partial charge in [-0.1, -0.05) is 6.07 Å². The van der Waals surface area contributed by atoms with Gasteiger partial charge in [-0.15, -0.1) is 11.3 Å². The minimum Gasteiger partial charge on any atom is -0.388 e. The Bertz CT molecular complexity index is 694. The van der Waals surface area contributed by atoms with Crippen molar-refractivity contribution in [3.8, 4) is 11.3 Å². The Labute approximate surface area is 121 Å². The molecule has 0 amide bonds. The highest BCUT2D eigenvalue weighted by atomic mass is 32.1. The summed E-state index contributed by atoms with van der Waals surface area (Å²) in [5.41, 5.74) is 4.05. The zero-order valence-corrected chi connectivity index (χ0v) is 11.8.